The lowest BCUT2D eigenvalue weighted by atomic mass is 9.74. The van der Waals surface area contributed by atoms with Crippen molar-refractivity contribution in [3.8, 4) is 22.6 Å². The fourth-order valence-electron chi connectivity index (χ4n) is 7.80. The van der Waals surface area contributed by atoms with Gasteiger partial charge in [-0.05, 0) is 38.1 Å². The molecule has 2 saturated heterocycles. The zero-order chi connectivity index (χ0) is 34.2. The van der Waals surface area contributed by atoms with E-state index in [-0.39, 0.29) is 68.9 Å². The number of aliphatic hydroxyl groups is 2. The molecule has 2 aromatic carbocycles. The molecule has 0 unspecified atom stereocenters. The molecule has 0 radical (unpaired) electrons. The summed E-state index contributed by atoms with van der Waals surface area (Å²) in [5, 5.41) is 22.5. The standard InChI is InChI=1S/C34H26O14/c1-33(41)23-21(31-15(47-33)9-17(35)45-31)25(37)13-7-5-11(29(43-3)19(13)27(23)39)12-6-8-14-20(30(12)44-4)28(40)24-22(26(14)38)32-16(10-18(36)46-32)48-34(24,2)42/h5-8,15-16,31-32,41-42H,9-10H2,1-4H3/t15-,16-,31+,32+,33+,34+/m1/s1. The van der Waals surface area contributed by atoms with Gasteiger partial charge in [-0.1, -0.05) is 0 Å². The molecule has 246 valence electrons. The van der Waals surface area contributed by atoms with Crippen molar-refractivity contribution in [3.05, 3.63) is 68.8 Å². The Bertz CT molecular complexity index is 1900. The van der Waals surface area contributed by atoms with Gasteiger partial charge < -0.3 is 38.6 Å². The Kier molecular flexibility index (Phi) is 6.17. The van der Waals surface area contributed by atoms with Crippen LogP contribution in [0.15, 0.2) is 46.6 Å². The van der Waals surface area contributed by atoms with E-state index < -0.39 is 82.2 Å². The molecule has 48 heavy (non-hydrogen) atoms. The number of ketones is 4. The summed E-state index contributed by atoms with van der Waals surface area (Å²) >= 11 is 0. The van der Waals surface area contributed by atoms with Crippen molar-refractivity contribution in [3.63, 3.8) is 0 Å². The van der Waals surface area contributed by atoms with E-state index in [0.717, 1.165) is 0 Å². The maximum atomic E-state index is 14.2. The van der Waals surface area contributed by atoms with Gasteiger partial charge in [0.25, 0.3) is 0 Å². The number of methoxy groups -OCH3 is 2. The van der Waals surface area contributed by atoms with E-state index in [0.29, 0.717) is 0 Å². The first-order chi connectivity index (χ1) is 22.7. The van der Waals surface area contributed by atoms with Gasteiger partial charge in [0.1, 0.15) is 23.7 Å². The van der Waals surface area contributed by atoms with Crippen molar-refractivity contribution < 1.29 is 67.4 Å². The quantitative estimate of drug-likeness (QED) is 0.451. The molecule has 0 amide bonds. The number of hydrogen-bond donors (Lipinski definition) is 2. The van der Waals surface area contributed by atoms with E-state index in [1.54, 1.807) is 0 Å². The van der Waals surface area contributed by atoms with Gasteiger partial charge >= 0.3 is 11.9 Å². The number of Topliss-reactive ketones (excluding diaryl/α,β-unsaturated/α-hetero) is 4. The van der Waals surface area contributed by atoms with Crippen molar-refractivity contribution in [1.82, 2.24) is 0 Å². The lowest BCUT2D eigenvalue weighted by Crippen LogP contribution is -2.51. The first-order valence-electron chi connectivity index (χ1n) is 15.0. The van der Waals surface area contributed by atoms with E-state index in [9.17, 15) is 39.0 Å². The first-order valence-corrected chi connectivity index (χ1v) is 15.0. The van der Waals surface area contributed by atoms with Crippen molar-refractivity contribution in [2.75, 3.05) is 14.2 Å². The van der Waals surface area contributed by atoms with Gasteiger partial charge in [0.2, 0.25) is 0 Å². The Balaban J connectivity index is 1.29. The summed E-state index contributed by atoms with van der Waals surface area (Å²) in [5.74, 6) is -8.95. The molecule has 2 aliphatic carbocycles. The van der Waals surface area contributed by atoms with Gasteiger partial charge in [-0.15, -0.1) is 0 Å². The summed E-state index contributed by atoms with van der Waals surface area (Å²) < 4.78 is 33.4. The average Bonchev–Trinajstić information content (AvgIpc) is 3.58. The number of ether oxygens (including phenoxy) is 6. The van der Waals surface area contributed by atoms with Gasteiger partial charge in [-0.2, -0.15) is 0 Å². The van der Waals surface area contributed by atoms with Crippen LogP contribution in [0.2, 0.25) is 0 Å². The highest BCUT2D eigenvalue weighted by molar-refractivity contribution is 6.31. The molecule has 0 aromatic heterocycles. The smallest absolute Gasteiger partial charge is 0.309 e. The molecule has 0 saturated carbocycles. The van der Waals surface area contributed by atoms with Gasteiger partial charge in [-0.25, -0.2) is 0 Å². The zero-order valence-corrected chi connectivity index (χ0v) is 25.8. The summed E-state index contributed by atoms with van der Waals surface area (Å²) in [7, 11) is 2.52. The summed E-state index contributed by atoms with van der Waals surface area (Å²) in [5.41, 5.74) is -1.36. The molecule has 0 bridgehead atoms. The lowest BCUT2D eigenvalue weighted by Gasteiger charge is -2.40. The number of carbonyl (C=O) groups excluding carboxylic acids is 6. The number of fused-ring (bicyclic) bond motifs is 6. The van der Waals surface area contributed by atoms with Crippen molar-refractivity contribution in [2.24, 2.45) is 0 Å². The monoisotopic (exact) mass is 658 g/mol. The maximum Gasteiger partial charge on any atom is 0.309 e. The third kappa shape index (κ3) is 3.82. The first kappa shape index (κ1) is 30.3. The van der Waals surface area contributed by atoms with E-state index in [1.807, 2.05) is 0 Å². The molecular weight excluding hydrogens is 632 g/mol. The van der Waals surface area contributed by atoms with Gasteiger partial charge in [0.15, 0.2) is 46.9 Å². The number of rotatable bonds is 3. The summed E-state index contributed by atoms with van der Waals surface area (Å²) in [4.78, 5) is 80.4. The van der Waals surface area contributed by atoms with E-state index in [2.05, 4.69) is 0 Å². The minimum absolute atomic E-state index is 0.0761. The highest BCUT2D eigenvalue weighted by Crippen LogP contribution is 2.51. The normalized spacial score (nSPS) is 31.8. The molecule has 2 fully saturated rings. The predicted octanol–water partition coefficient (Wildman–Crippen LogP) is 1.57. The Morgan fingerprint density at radius 2 is 0.958 bits per heavy atom. The number of carbonyl (C=O) groups is 6. The van der Waals surface area contributed by atoms with Crippen LogP contribution in [-0.2, 0) is 28.5 Å². The highest BCUT2D eigenvalue weighted by atomic mass is 16.7. The van der Waals surface area contributed by atoms with Crippen molar-refractivity contribution >= 4 is 35.1 Å². The SMILES string of the molecule is COc1c(-c2ccc3c(c2OC)C(=O)C2=C(C3=O)[C@H]3OC(=O)C[C@H]3O[C@]2(C)O)ccc2c1C(=O)C1=C(C2=O)[C@H]2OC(=O)C[C@H]2O[C@]1(C)O. The van der Waals surface area contributed by atoms with E-state index >= 15 is 0 Å². The Morgan fingerprint density at radius 1 is 0.604 bits per heavy atom. The van der Waals surface area contributed by atoms with Crippen LogP contribution >= 0.6 is 0 Å². The molecular formula is C34H26O14. The third-order valence-electron chi connectivity index (χ3n) is 9.63. The Hall–Kier alpha value is -5.02. The lowest BCUT2D eigenvalue weighted by molar-refractivity contribution is -0.206. The minimum Gasteiger partial charge on any atom is -0.495 e. The topological polar surface area (TPSA) is 198 Å². The van der Waals surface area contributed by atoms with Crippen molar-refractivity contribution in [2.45, 2.75) is 62.7 Å². The zero-order valence-electron chi connectivity index (χ0n) is 25.8. The summed E-state index contributed by atoms with van der Waals surface area (Å²) in [6.07, 6.45) is -4.72. The van der Waals surface area contributed by atoms with Crippen LogP contribution in [0, 0.1) is 0 Å². The number of hydrogen-bond acceptors (Lipinski definition) is 14. The molecule has 2 aromatic rings. The van der Waals surface area contributed by atoms with E-state index in [1.165, 1.54) is 52.3 Å². The molecule has 0 spiro atoms. The van der Waals surface area contributed by atoms with Crippen molar-refractivity contribution in [1.29, 1.82) is 0 Å². The number of esters is 2. The third-order valence-corrected chi connectivity index (χ3v) is 9.63. The predicted molar refractivity (Wildman–Crippen MR) is 156 cm³/mol. The summed E-state index contributed by atoms with van der Waals surface area (Å²) in [6, 6.07) is 5.68. The minimum atomic E-state index is -2.25. The maximum absolute atomic E-state index is 14.2. The Morgan fingerprint density at radius 3 is 1.31 bits per heavy atom. The van der Waals surface area contributed by atoms with E-state index in [4.69, 9.17) is 28.4 Å². The Labute approximate surface area is 270 Å². The van der Waals surface area contributed by atoms with Crippen LogP contribution in [0.1, 0.15) is 68.1 Å². The molecule has 2 N–H and O–H groups in total. The van der Waals surface area contributed by atoms with Crippen LogP contribution < -0.4 is 9.47 Å². The molecule has 4 aliphatic heterocycles. The van der Waals surface area contributed by atoms with Crippen LogP contribution in [-0.4, -0.2) is 95.5 Å². The molecule has 4 heterocycles. The fourth-order valence-corrected chi connectivity index (χ4v) is 7.80. The molecule has 6 atom stereocenters. The average molecular weight is 659 g/mol. The number of benzene rings is 2. The molecule has 8 rings (SSSR count). The molecule has 14 heteroatoms. The van der Waals surface area contributed by atoms with Crippen LogP contribution in [0.4, 0.5) is 0 Å². The summed E-state index contributed by atoms with van der Waals surface area (Å²) in [6.45, 7) is 2.40. The largest absolute Gasteiger partial charge is 0.495 e. The molecule has 14 nitrogen and oxygen atoms in total. The fraction of sp³-hybridized carbons (Fsp3) is 0.353. The van der Waals surface area contributed by atoms with Gasteiger partial charge in [0, 0.05) is 22.3 Å². The van der Waals surface area contributed by atoms with Crippen LogP contribution in [0.25, 0.3) is 11.1 Å². The second-order valence-corrected chi connectivity index (χ2v) is 12.5. The second kappa shape index (κ2) is 9.76. The van der Waals surface area contributed by atoms with Crippen LogP contribution in [0.5, 0.6) is 11.5 Å². The second-order valence-electron chi connectivity index (χ2n) is 12.5. The van der Waals surface area contributed by atoms with Gasteiger partial charge in [0.05, 0.1) is 60.5 Å². The van der Waals surface area contributed by atoms with Crippen LogP contribution in [0.3, 0.4) is 0 Å². The highest BCUT2D eigenvalue weighted by Gasteiger charge is 2.58. The van der Waals surface area contributed by atoms with Gasteiger partial charge in [-0.3, -0.25) is 28.8 Å². The molecule has 6 aliphatic rings.